The number of hydrogen-bond donors (Lipinski definition) is 0. The van der Waals surface area contributed by atoms with Crippen LogP contribution in [0.2, 0.25) is 0 Å². The first kappa shape index (κ1) is 26.4. The van der Waals surface area contributed by atoms with Crippen LogP contribution in [0.15, 0.2) is 29.2 Å². The second-order valence-corrected chi connectivity index (χ2v) is 9.68. The molecule has 0 aliphatic carbocycles. The molecule has 1 aliphatic rings. The van der Waals surface area contributed by atoms with Crippen LogP contribution in [0.3, 0.4) is 0 Å². The van der Waals surface area contributed by atoms with Gasteiger partial charge in [0.2, 0.25) is 5.43 Å². The van der Waals surface area contributed by atoms with Gasteiger partial charge in [-0.3, -0.25) is 9.59 Å². The Bertz CT molecular complexity index is 1050. The van der Waals surface area contributed by atoms with Crippen molar-refractivity contribution in [2.24, 2.45) is 5.92 Å². The summed E-state index contributed by atoms with van der Waals surface area (Å²) in [5.74, 6) is -0.100. The van der Waals surface area contributed by atoms with Gasteiger partial charge in [0.15, 0.2) is 0 Å². The molecule has 182 valence electrons. The van der Waals surface area contributed by atoms with Crippen molar-refractivity contribution < 1.29 is 14.3 Å². The summed E-state index contributed by atoms with van der Waals surface area (Å²) in [7, 11) is 3.29. The summed E-state index contributed by atoms with van der Waals surface area (Å²) >= 11 is 0. The van der Waals surface area contributed by atoms with Gasteiger partial charge < -0.3 is 19.1 Å². The van der Waals surface area contributed by atoms with E-state index in [-0.39, 0.29) is 28.9 Å². The predicted octanol–water partition coefficient (Wildman–Crippen LogP) is 4.69. The second kappa shape index (κ2) is 10.9. The minimum absolute atomic E-state index is 0.169. The number of benzene rings is 1. The average Bonchev–Trinajstić information content (AvgIpc) is 2.75. The van der Waals surface area contributed by atoms with Crippen LogP contribution in [0, 0.1) is 12.8 Å². The first-order valence-electron chi connectivity index (χ1n) is 11.8. The molecule has 1 unspecified atom stereocenters. The molecule has 7 heteroatoms. The van der Waals surface area contributed by atoms with E-state index in [2.05, 4.69) is 0 Å². The maximum atomic E-state index is 13.0. The average molecular weight is 458 g/mol. The summed E-state index contributed by atoms with van der Waals surface area (Å²) in [6, 6.07) is 5.75. The lowest BCUT2D eigenvalue weighted by Gasteiger charge is -2.34. The molecule has 1 atom stereocenters. The van der Waals surface area contributed by atoms with Gasteiger partial charge in [0.05, 0.1) is 5.52 Å². The number of rotatable bonds is 3. The number of carbonyl (C=O) groups excluding carboxylic acids is 2. The number of hydrogen-bond acceptors (Lipinski definition) is 4. The minimum Gasteiger partial charge on any atom is -0.444 e. The molecule has 0 spiro atoms. The Balaban J connectivity index is 0.00000187. The van der Waals surface area contributed by atoms with E-state index in [4.69, 9.17) is 4.74 Å². The van der Waals surface area contributed by atoms with Crippen molar-refractivity contribution >= 4 is 22.9 Å². The summed E-state index contributed by atoms with van der Waals surface area (Å²) in [6.07, 6.45) is 3.25. The van der Waals surface area contributed by atoms with Crippen molar-refractivity contribution in [2.75, 3.05) is 27.2 Å². The topological polar surface area (TPSA) is 71.9 Å². The highest BCUT2D eigenvalue weighted by atomic mass is 16.6. The smallest absolute Gasteiger partial charge is 0.410 e. The lowest BCUT2D eigenvalue weighted by atomic mass is 9.97. The summed E-state index contributed by atoms with van der Waals surface area (Å²) < 4.78 is 7.54. The van der Waals surface area contributed by atoms with Crippen molar-refractivity contribution in [1.29, 1.82) is 0 Å². The van der Waals surface area contributed by atoms with Crippen LogP contribution in [-0.4, -0.2) is 59.2 Å². The highest BCUT2D eigenvalue weighted by Crippen LogP contribution is 2.23. The van der Waals surface area contributed by atoms with Crippen LogP contribution in [0.4, 0.5) is 4.79 Å². The standard InChI is InChI=1S/C24H33N3O4.C2H6/c1-16-9-10-20-18(12-16)21(28)19(22(29)25(5)6)15-27(20)14-17-8-7-11-26(13-17)23(30)31-24(2,3)4;1-2/h9-10,12,15,17H,7-8,11,13-14H2,1-6H3;1-2H3. The first-order valence-corrected chi connectivity index (χ1v) is 11.8. The number of ether oxygens (including phenoxy) is 1. The molecule has 0 bridgehead atoms. The molecule has 0 N–H and O–H groups in total. The highest BCUT2D eigenvalue weighted by Gasteiger charge is 2.28. The van der Waals surface area contributed by atoms with Gasteiger partial charge >= 0.3 is 6.09 Å². The third-order valence-corrected chi connectivity index (χ3v) is 5.50. The van der Waals surface area contributed by atoms with E-state index in [1.165, 1.54) is 4.90 Å². The molecule has 7 nitrogen and oxygen atoms in total. The highest BCUT2D eigenvalue weighted by molar-refractivity contribution is 5.97. The van der Waals surface area contributed by atoms with Gasteiger partial charge in [-0.05, 0) is 58.6 Å². The van der Waals surface area contributed by atoms with Gasteiger partial charge in [-0.15, -0.1) is 0 Å². The van der Waals surface area contributed by atoms with E-state index in [9.17, 15) is 14.4 Å². The monoisotopic (exact) mass is 457 g/mol. The zero-order chi connectivity index (χ0) is 24.9. The number of piperidine rings is 1. The van der Waals surface area contributed by atoms with Gasteiger partial charge in [0.25, 0.3) is 5.91 Å². The Morgan fingerprint density at radius 1 is 1.18 bits per heavy atom. The molecule has 1 aromatic heterocycles. The van der Waals surface area contributed by atoms with Crippen LogP contribution >= 0.6 is 0 Å². The van der Waals surface area contributed by atoms with Crippen molar-refractivity contribution in [3.63, 3.8) is 0 Å². The van der Waals surface area contributed by atoms with Crippen molar-refractivity contribution in [2.45, 2.75) is 66.5 Å². The maximum absolute atomic E-state index is 13.0. The van der Waals surface area contributed by atoms with E-state index in [1.807, 2.05) is 64.3 Å². The normalized spacial score (nSPS) is 16.1. The summed E-state index contributed by atoms with van der Waals surface area (Å²) in [6.45, 7) is 13.4. The molecule has 1 aliphatic heterocycles. The Labute approximate surface area is 197 Å². The van der Waals surface area contributed by atoms with E-state index in [0.717, 1.165) is 23.9 Å². The predicted molar refractivity (Wildman–Crippen MR) is 133 cm³/mol. The number of fused-ring (bicyclic) bond motifs is 1. The van der Waals surface area contributed by atoms with Gasteiger partial charge in [-0.2, -0.15) is 0 Å². The molecule has 3 rings (SSSR count). The third kappa shape index (κ3) is 6.59. The fourth-order valence-electron chi connectivity index (χ4n) is 4.04. The summed E-state index contributed by atoms with van der Waals surface area (Å²) in [5.41, 5.74) is 1.17. The number of carbonyl (C=O) groups is 2. The zero-order valence-electron chi connectivity index (χ0n) is 21.4. The van der Waals surface area contributed by atoms with Crippen LogP contribution in [-0.2, 0) is 11.3 Å². The fraction of sp³-hybridized carbons (Fsp3) is 0.577. The maximum Gasteiger partial charge on any atom is 0.410 e. The Morgan fingerprint density at radius 2 is 1.85 bits per heavy atom. The molecule has 1 aromatic carbocycles. The van der Waals surface area contributed by atoms with Crippen LogP contribution in [0.1, 0.15) is 63.4 Å². The number of aryl methyl sites for hydroxylation is 1. The molecule has 2 amide bonds. The molecule has 33 heavy (non-hydrogen) atoms. The summed E-state index contributed by atoms with van der Waals surface area (Å²) in [4.78, 5) is 41.4. The SMILES string of the molecule is CC.Cc1ccc2c(c1)c(=O)c(C(=O)N(C)C)cn2CC1CCCN(C(=O)OC(C)(C)C)C1. The van der Waals surface area contributed by atoms with Crippen LogP contribution < -0.4 is 5.43 Å². The van der Waals surface area contributed by atoms with Crippen molar-refractivity contribution in [3.8, 4) is 0 Å². The third-order valence-electron chi connectivity index (χ3n) is 5.50. The van der Waals surface area contributed by atoms with Gasteiger partial charge in [0, 0.05) is 45.3 Å². The quantitative estimate of drug-likeness (QED) is 0.671. The molecule has 0 saturated carbocycles. The molecule has 1 saturated heterocycles. The van der Waals surface area contributed by atoms with E-state index in [0.29, 0.717) is 25.0 Å². The lowest BCUT2D eigenvalue weighted by molar-refractivity contribution is 0.0157. The number of likely N-dealkylation sites (tertiary alicyclic amines) is 1. The molecule has 0 radical (unpaired) electrons. The number of aromatic nitrogens is 1. The first-order chi connectivity index (χ1) is 15.5. The largest absolute Gasteiger partial charge is 0.444 e. The molecule has 1 fully saturated rings. The van der Waals surface area contributed by atoms with Gasteiger partial charge in [-0.25, -0.2) is 4.79 Å². The molecular weight excluding hydrogens is 418 g/mol. The van der Waals surface area contributed by atoms with E-state index >= 15 is 0 Å². The Kier molecular flexibility index (Phi) is 8.69. The molecular formula is C26H39N3O4. The Morgan fingerprint density at radius 3 is 2.45 bits per heavy atom. The zero-order valence-corrected chi connectivity index (χ0v) is 21.4. The summed E-state index contributed by atoms with van der Waals surface area (Å²) in [5, 5.41) is 0.549. The Hall–Kier alpha value is -2.83. The van der Waals surface area contributed by atoms with E-state index < -0.39 is 5.60 Å². The number of nitrogens with zero attached hydrogens (tertiary/aromatic N) is 3. The van der Waals surface area contributed by atoms with Crippen molar-refractivity contribution in [1.82, 2.24) is 14.4 Å². The van der Waals surface area contributed by atoms with E-state index in [1.54, 1.807) is 25.2 Å². The lowest BCUT2D eigenvalue weighted by Crippen LogP contribution is -2.43. The molecule has 2 heterocycles. The fourth-order valence-corrected chi connectivity index (χ4v) is 4.04. The van der Waals surface area contributed by atoms with Crippen LogP contribution in [0.5, 0.6) is 0 Å². The number of amides is 2. The van der Waals surface area contributed by atoms with Crippen LogP contribution in [0.25, 0.3) is 10.9 Å². The second-order valence-electron chi connectivity index (χ2n) is 9.68. The molecule has 2 aromatic rings. The van der Waals surface area contributed by atoms with Gasteiger partial charge in [-0.1, -0.05) is 25.5 Å². The number of pyridine rings is 1. The van der Waals surface area contributed by atoms with Crippen molar-refractivity contribution in [3.05, 3.63) is 45.7 Å². The van der Waals surface area contributed by atoms with Gasteiger partial charge in [0.1, 0.15) is 11.2 Å². The minimum atomic E-state index is -0.530.